The molecule has 3 aromatic rings. The molecule has 1 fully saturated rings. The fraction of sp³-hybridized carbons (Fsp3) is 0.231. The van der Waals surface area contributed by atoms with Crippen LogP contribution in [0.3, 0.4) is 0 Å². The van der Waals surface area contributed by atoms with Gasteiger partial charge in [0.05, 0.1) is 31.0 Å². The van der Waals surface area contributed by atoms with Crippen LogP contribution in [0.25, 0.3) is 5.76 Å². The number of ether oxygens (including phenoxy) is 2. The summed E-state index contributed by atoms with van der Waals surface area (Å²) in [6.07, 6.45) is 0. The van der Waals surface area contributed by atoms with Gasteiger partial charge in [-0.2, -0.15) is 0 Å². The van der Waals surface area contributed by atoms with E-state index in [2.05, 4.69) is 4.98 Å². The van der Waals surface area contributed by atoms with Crippen molar-refractivity contribution in [2.75, 3.05) is 18.6 Å². The normalized spacial score (nSPS) is 16.9. The molecule has 0 spiro atoms. The lowest BCUT2D eigenvalue weighted by molar-refractivity contribution is -0.132. The third kappa shape index (κ3) is 4.47. The van der Waals surface area contributed by atoms with Crippen LogP contribution >= 0.6 is 22.9 Å². The molecule has 0 saturated carbocycles. The number of amides is 1. The van der Waals surface area contributed by atoms with Crippen LogP contribution in [0.5, 0.6) is 5.75 Å². The molecule has 1 aromatic heterocycles. The number of halogens is 1. The molecule has 36 heavy (non-hydrogen) atoms. The van der Waals surface area contributed by atoms with Crippen LogP contribution in [0.15, 0.2) is 48.0 Å². The van der Waals surface area contributed by atoms with Crippen molar-refractivity contribution >= 4 is 51.5 Å². The summed E-state index contributed by atoms with van der Waals surface area (Å²) in [6, 6.07) is 10.6. The third-order valence-electron chi connectivity index (χ3n) is 5.77. The topological polar surface area (TPSA) is 106 Å². The number of nitrogens with zero attached hydrogens (tertiary/aromatic N) is 2. The Morgan fingerprint density at radius 3 is 2.47 bits per heavy atom. The van der Waals surface area contributed by atoms with Crippen molar-refractivity contribution in [3.05, 3.63) is 80.3 Å². The molecular formula is C26H23ClN2O6S. The van der Waals surface area contributed by atoms with E-state index in [1.807, 2.05) is 0 Å². The minimum atomic E-state index is -0.996. The first-order valence-corrected chi connectivity index (χ1v) is 12.2. The predicted octanol–water partition coefficient (Wildman–Crippen LogP) is 5.22. The summed E-state index contributed by atoms with van der Waals surface area (Å²) in [7, 11) is 1.53. The van der Waals surface area contributed by atoms with Gasteiger partial charge in [0.25, 0.3) is 5.78 Å². The summed E-state index contributed by atoms with van der Waals surface area (Å²) in [5.74, 6) is -2.04. The van der Waals surface area contributed by atoms with E-state index in [9.17, 15) is 19.5 Å². The van der Waals surface area contributed by atoms with E-state index in [-0.39, 0.29) is 27.9 Å². The summed E-state index contributed by atoms with van der Waals surface area (Å²) in [4.78, 5) is 44.9. The van der Waals surface area contributed by atoms with Crippen LogP contribution in [-0.4, -0.2) is 41.5 Å². The van der Waals surface area contributed by atoms with Gasteiger partial charge in [0.2, 0.25) is 0 Å². The number of aromatic nitrogens is 1. The molecule has 0 bridgehead atoms. The van der Waals surface area contributed by atoms with Crippen molar-refractivity contribution in [1.29, 1.82) is 0 Å². The monoisotopic (exact) mass is 526 g/mol. The van der Waals surface area contributed by atoms with Crippen LogP contribution in [0, 0.1) is 13.8 Å². The highest BCUT2D eigenvalue weighted by Gasteiger charge is 2.48. The number of esters is 1. The first-order valence-electron chi connectivity index (χ1n) is 11.0. The van der Waals surface area contributed by atoms with Crippen molar-refractivity contribution in [3.8, 4) is 5.75 Å². The Hall–Kier alpha value is -3.69. The number of Topliss-reactive ketones (excluding diaryl/α,β-unsaturated/α-hetero) is 1. The van der Waals surface area contributed by atoms with E-state index in [0.717, 1.165) is 11.3 Å². The number of rotatable bonds is 6. The SMILES string of the molecule is CCOC(=O)c1sc(N2C(=O)C(=O)C(=C(O)c3ccc(OC)cc3C)[C@H]2c2ccc(Cl)cc2)nc1C. The Morgan fingerprint density at radius 2 is 1.86 bits per heavy atom. The molecule has 10 heteroatoms. The molecule has 8 nitrogen and oxygen atoms in total. The molecule has 2 aromatic carbocycles. The number of benzene rings is 2. The molecule has 4 rings (SSSR count). The zero-order valence-corrected chi connectivity index (χ0v) is 21.6. The summed E-state index contributed by atoms with van der Waals surface area (Å²) in [5.41, 5.74) is 1.85. The van der Waals surface area contributed by atoms with Gasteiger partial charge in [0.15, 0.2) is 5.13 Å². The van der Waals surface area contributed by atoms with Crippen LogP contribution in [0.1, 0.15) is 45.0 Å². The summed E-state index contributed by atoms with van der Waals surface area (Å²) < 4.78 is 10.3. The average Bonchev–Trinajstić information content (AvgIpc) is 3.36. The third-order valence-corrected chi connectivity index (χ3v) is 7.16. The van der Waals surface area contributed by atoms with E-state index in [4.69, 9.17) is 21.1 Å². The molecule has 0 unspecified atom stereocenters. The first kappa shape index (κ1) is 25.4. The van der Waals surface area contributed by atoms with Gasteiger partial charge < -0.3 is 14.6 Å². The van der Waals surface area contributed by atoms with E-state index in [0.29, 0.717) is 33.2 Å². The molecule has 1 aliphatic heterocycles. The molecule has 0 radical (unpaired) electrons. The zero-order chi connectivity index (χ0) is 26.1. The summed E-state index contributed by atoms with van der Waals surface area (Å²) in [5, 5.41) is 12.0. The molecule has 1 N–H and O–H groups in total. The molecule has 2 heterocycles. The van der Waals surface area contributed by atoms with E-state index in [1.165, 1.54) is 12.0 Å². The summed E-state index contributed by atoms with van der Waals surface area (Å²) in [6.45, 7) is 5.26. The Kier molecular flexibility index (Phi) is 7.14. The minimum Gasteiger partial charge on any atom is -0.507 e. The highest BCUT2D eigenvalue weighted by atomic mass is 35.5. The van der Waals surface area contributed by atoms with Crippen molar-refractivity contribution in [3.63, 3.8) is 0 Å². The van der Waals surface area contributed by atoms with Gasteiger partial charge in [-0.05, 0) is 62.2 Å². The number of aliphatic hydroxyl groups is 1. The number of aliphatic hydroxyl groups excluding tert-OH is 1. The fourth-order valence-electron chi connectivity index (χ4n) is 4.04. The molecule has 186 valence electrons. The Bertz CT molecular complexity index is 1400. The van der Waals surface area contributed by atoms with Gasteiger partial charge in [-0.3, -0.25) is 14.5 Å². The highest BCUT2D eigenvalue weighted by Crippen LogP contribution is 2.44. The second-order valence-corrected chi connectivity index (χ2v) is 9.45. The minimum absolute atomic E-state index is 0.0962. The Labute approximate surface area is 216 Å². The fourth-order valence-corrected chi connectivity index (χ4v) is 5.15. The molecule has 1 saturated heterocycles. The van der Waals surface area contributed by atoms with Crippen molar-refractivity contribution < 1.29 is 29.0 Å². The van der Waals surface area contributed by atoms with Gasteiger partial charge in [0, 0.05) is 10.6 Å². The number of ketones is 1. The predicted molar refractivity (Wildman–Crippen MR) is 137 cm³/mol. The van der Waals surface area contributed by atoms with Gasteiger partial charge in [-0.1, -0.05) is 35.1 Å². The average molecular weight is 527 g/mol. The lowest BCUT2D eigenvalue weighted by Crippen LogP contribution is -2.29. The number of aryl methyl sites for hydroxylation is 2. The Morgan fingerprint density at radius 1 is 1.17 bits per heavy atom. The second kappa shape index (κ2) is 10.1. The molecule has 1 aliphatic rings. The van der Waals surface area contributed by atoms with Crippen LogP contribution in [-0.2, 0) is 14.3 Å². The lowest BCUT2D eigenvalue weighted by Gasteiger charge is -2.23. The van der Waals surface area contributed by atoms with Crippen molar-refractivity contribution in [1.82, 2.24) is 4.98 Å². The second-order valence-electron chi connectivity index (χ2n) is 8.03. The van der Waals surface area contributed by atoms with Gasteiger partial charge in [-0.15, -0.1) is 0 Å². The quantitative estimate of drug-likeness (QED) is 0.203. The number of hydrogen-bond donors (Lipinski definition) is 1. The molecule has 1 atom stereocenters. The maximum absolute atomic E-state index is 13.3. The van der Waals surface area contributed by atoms with Gasteiger partial charge in [0.1, 0.15) is 16.4 Å². The number of thiazole rings is 1. The molecule has 0 aliphatic carbocycles. The summed E-state index contributed by atoms with van der Waals surface area (Å²) >= 11 is 7.03. The van der Waals surface area contributed by atoms with Crippen LogP contribution in [0.4, 0.5) is 5.13 Å². The van der Waals surface area contributed by atoms with E-state index in [1.54, 1.807) is 63.2 Å². The van der Waals surface area contributed by atoms with E-state index < -0.39 is 23.7 Å². The molecular weight excluding hydrogens is 504 g/mol. The number of anilines is 1. The number of carbonyl (C=O) groups excluding carboxylic acids is 3. The largest absolute Gasteiger partial charge is 0.507 e. The van der Waals surface area contributed by atoms with Gasteiger partial charge in [-0.25, -0.2) is 9.78 Å². The van der Waals surface area contributed by atoms with E-state index >= 15 is 0 Å². The smallest absolute Gasteiger partial charge is 0.350 e. The van der Waals surface area contributed by atoms with Gasteiger partial charge >= 0.3 is 11.9 Å². The molecule has 1 amide bonds. The maximum atomic E-state index is 13.3. The van der Waals surface area contributed by atoms with Crippen LogP contribution in [0.2, 0.25) is 5.02 Å². The number of carbonyl (C=O) groups is 3. The number of methoxy groups -OCH3 is 1. The first-order chi connectivity index (χ1) is 17.2. The van der Waals surface area contributed by atoms with Crippen LogP contribution < -0.4 is 9.64 Å². The van der Waals surface area contributed by atoms with Crippen molar-refractivity contribution in [2.45, 2.75) is 26.8 Å². The number of hydrogen-bond acceptors (Lipinski definition) is 8. The Balaban J connectivity index is 1.92. The standard InChI is InChI=1S/C26H23ClN2O6S/c1-5-35-25(33)23-14(3)28-26(36-23)29-20(15-6-8-16(27)9-7-15)19(22(31)24(29)32)21(30)18-11-10-17(34-4)12-13(18)2/h6-12,20,30H,5H2,1-4H3/t20-/m1/s1. The maximum Gasteiger partial charge on any atom is 0.350 e. The van der Waals surface area contributed by atoms with Crippen molar-refractivity contribution in [2.24, 2.45) is 0 Å². The highest BCUT2D eigenvalue weighted by molar-refractivity contribution is 7.17. The zero-order valence-electron chi connectivity index (χ0n) is 20.0. The lowest BCUT2D eigenvalue weighted by atomic mass is 9.94.